The van der Waals surface area contributed by atoms with Gasteiger partial charge >= 0.3 is 5.97 Å². The van der Waals surface area contributed by atoms with Gasteiger partial charge in [-0.15, -0.1) is 0 Å². The Bertz CT molecular complexity index is 495. The number of fused-ring (bicyclic) bond motifs is 1. The lowest BCUT2D eigenvalue weighted by atomic mass is 10.3. The number of hydrogen-bond acceptors (Lipinski definition) is 5. The van der Waals surface area contributed by atoms with Crippen LogP contribution in [0.2, 0.25) is 0 Å². The van der Waals surface area contributed by atoms with Crippen LogP contribution in [0.15, 0.2) is 24.5 Å². The molecule has 0 saturated heterocycles. The molecule has 2 aromatic rings. The largest absolute Gasteiger partial charge is 0.460 e. The highest BCUT2D eigenvalue weighted by molar-refractivity contribution is 5.96. The highest BCUT2D eigenvalue weighted by atomic mass is 16.6. The topological polar surface area (TPSA) is 65.7 Å². The molecular formula is C10H11N3O3. The number of nitrogens with zero attached hydrogens (tertiary/aromatic N) is 3. The second-order valence-corrected chi connectivity index (χ2v) is 3.09. The zero-order valence-corrected chi connectivity index (χ0v) is 8.79. The van der Waals surface area contributed by atoms with Crippen molar-refractivity contribution in [2.24, 2.45) is 0 Å². The van der Waals surface area contributed by atoms with Crippen LogP contribution < -0.4 is 0 Å². The fraction of sp³-hybridized carbons (Fsp3) is 0.300. The second kappa shape index (κ2) is 4.71. The Morgan fingerprint density at radius 2 is 2.31 bits per heavy atom. The Morgan fingerprint density at radius 3 is 3.12 bits per heavy atom. The van der Waals surface area contributed by atoms with Crippen LogP contribution in [0.4, 0.5) is 0 Å². The van der Waals surface area contributed by atoms with Gasteiger partial charge in [0.2, 0.25) is 0 Å². The standard InChI is InChI=1S/C10H11N3O3/c1-15-5-6-16-10(14)8-7-12-13-9(8)3-2-4-11-13/h2-4,7H,5-6H2,1H3. The number of ether oxygens (including phenoxy) is 2. The van der Waals surface area contributed by atoms with E-state index >= 15 is 0 Å². The third-order valence-corrected chi connectivity index (χ3v) is 2.04. The van der Waals surface area contributed by atoms with Crippen LogP contribution in [0, 0.1) is 0 Å². The number of methoxy groups -OCH3 is 1. The Morgan fingerprint density at radius 1 is 1.44 bits per heavy atom. The highest BCUT2D eigenvalue weighted by Crippen LogP contribution is 2.09. The van der Waals surface area contributed by atoms with Crippen molar-refractivity contribution in [3.8, 4) is 0 Å². The Kier molecular flexibility index (Phi) is 3.11. The van der Waals surface area contributed by atoms with Crippen molar-refractivity contribution in [2.45, 2.75) is 0 Å². The molecule has 2 aromatic heterocycles. The average Bonchev–Trinajstić information content (AvgIpc) is 2.73. The Balaban J connectivity index is 2.17. The SMILES string of the molecule is COCCOC(=O)c1cnn2ncccc12. The van der Waals surface area contributed by atoms with Crippen molar-refractivity contribution in [3.05, 3.63) is 30.1 Å². The third-order valence-electron chi connectivity index (χ3n) is 2.04. The maximum atomic E-state index is 11.6. The number of aromatic nitrogens is 3. The molecule has 0 bridgehead atoms. The maximum absolute atomic E-state index is 11.6. The molecule has 0 fully saturated rings. The zero-order valence-electron chi connectivity index (χ0n) is 8.79. The fourth-order valence-electron chi connectivity index (χ4n) is 1.29. The van der Waals surface area contributed by atoms with Gasteiger partial charge in [-0.05, 0) is 12.1 Å². The molecule has 0 N–H and O–H groups in total. The van der Waals surface area contributed by atoms with Crippen LogP contribution in [-0.2, 0) is 9.47 Å². The van der Waals surface area contributed by atoms with Gasteiger partial charge in [-0.3, -0.25) is 0 Å². The van der Waals surface area contributed by atoms with Crippen LogP contribution >= 0.6 is 0 Å². The van der Waals surface area contributed by atoms with E-state index in [0.29, 0.717) is 17.7 Å². The lowest BCUT2D eigenvalue weighted by Crippen LogP contribution is -2.09. The zero-order chi connectivity index (χ0) is 11.4. The van der Waals surface area contributed by atoms with E-state index in [1.165, 1.54) is 10.8 Å². The summed E-state index contributed by atoms with van der Waals surface area (Å²) < 4.78 is 11.2. The van der Waals surface area contributed by atoms with Crippen LogP contribution in [0.25, 0.3) is 5.52 Å². The summed E-state index contributed by atoms with van der Waals surface area (Å²) in [7, 11) is 1.55. The van der Waals surface area contributed by atoms with Crippen molar-refractivity contribution < 1.29 is 14.3 Å². The van der Waals surface area contributed by atoms with E-state index in [1.807, 2.05) is 0 Å². The highest BCUT2D eigenvalue weighted by Gasteiger charge is 2.13. The molecule has 0 aliphatic carbocycles. The molecule has 0 radical (unpaired) electrons. The number of hydrogen-bond donors (Lipinski definition) is 0. The number of carbonyl (C=O) groups excluding carboxylic acids is 1. The monoisotopic (exact) mass is 221 g/mol. The molecule has 2 heterocycles. The smallest absolute Gasteiger partial charge is 0.342 e. The minimum absolute atomic E-state index is 0.229. The van der Waals surface area contributed by atoms with Crippen molar-refractivity contribution in [1.82, 2.24) is 14.8 Å². The third kappa shape index (κ3) is 2.01. The number of esters is 1. The molecule has 0 atom stereocenters. The van der Waals surface area contributed by atoms with Crippen LogP contribution in [0.1, 0.15) is 10.4 Å². The summed E-state index contributed by atoms with van der Waals surface area (Å²) in [5, 5.41) is 7.90. The molecule has 0 aromatic carbocycles. The first-order valence-corrected chi connectivity index (χ1v) is 4.78. The summed E-state index contributed by atoms with van der Waals surface area (Å²) in [4.78, 5) is 11.6. The molecule has 0 unspecified atom stereocenters. The summed E-state index contributed by atoms with van der Waals surface area (Å²) in [6, 6.07) is 3.50. The average molecular weight is 221 g/mol. The van der Waals surface area contributed by atoms with Gasteiger partial charge in [0.1, 0.15) is 17.7 Å². The van der Waals surface area contributed by atoms with E-state index < -0.39 is 5.97 Å². The molecule has 6 heteroatoms. The summed E-state index contributed by atoms with van der Waals surface area (Å²) in [6.07, 6.45) is 3.04. The Hall–Kier alpha value is -1.95. The number of carbonyl (C=O) groups is 1. The van der Waals surface area contributed by atoms with Crippen LogP contribution in [0.3, 0.4) is 0 Å². The van der Waals surface area contributed by atoms with E-state index in [2.05, 4.69) is 10.2 Å². The summed E-state index contributed by atoms with van der Waals surface area (Å²) >= 11 is 0. The molecule has 0 amide bonds. The predicted molar refractivity (Wildman–Crippen MR) is 55.1 cm³/mol. The molecule has 2 rings (SSSR count). The fourth-order valence-corrected chi connectivity index (χ4v) is 1.29. The first kappa shape index (κ1) is 10.6. The van der Waals surface area contributed by atoms with Gasteiger partial charge in [-0.1, -0.05) is 0 Å². The van der Waals surface area contributed by atoms with Crippen molar-refractivity contribution in [1.29, 1.82) is 0 Å². The lowest BCUT2D eigenvalue weighted by Gasteiger charge is -2.01. The van der Waals surface area contributed by atoms with Crippen molar-refractivity contribution in [3.63, 3.8) is 0 Å². The summed E-state index contributed by atoms with van der Waals surface area (Å²) in [5.74, 6) is -0.417. The van der Waals surface area contributed by atoms with E-state index in [1.54, 1.807) is 25.4 Å². The number of rotatable bonds is 4. The van der Waals surface area contributed by atoms with E-state index in [-0.39, 0.29) is 6.61 Å². The maximum Gasteiger partial charge on any atom is 0.342 e. The molecule has 0 saturated carbocycles. The van der Waals surface area contributed by atoms with Crippen molar-refractivity contribution in [2.75, 3.05) is 20.3 Å². The molecule has 16 heavy (non-hydrogen) atoms. The molecule has 84 valence electrons. The first-order chi connectivity index (χ1) is 7.83. The summed E-state index contributed by atoms with van der Waals surface area (Å²) in [5.41, 5.74) is 1.04. The van der Waals surface area contributed by atoms with E-state index in [0.717, 1.165) is 0 Å². The van der Waals surface area contributed by atoms with Crippen molar-refractivity contribution >= 4 is 11.5 Å². The van der Waals surface area contributed by atoms with E-state index in [9.17, 15) is 4.79 Å². The minimum Gasteiger partial charge on any atom is -0.460 e. The molecular weight excluding hydrogens is 210 g/mol. The summed E-state index contributed by atoms with van der Waals surface area (Å²) in [6.45, 7) is 0.607. The quantitative estimate of drug-likeness (QED) is 0.556. The minimum atomic E-state index is -0.417. The molecule has 6 nitrogen and oxygen atoms in total. The van der Waals surface area contributed by atoms with Gasteiger partial charge in [0.15, 0.2) is 0 Å². The Labute approximate surface area is 91.8 Å². The molecule has 0 aliphatic heterocycles. The first-order valence-electron chi connectivity index (χ1n) is 4.78. The van der Waals surface area contributed by atoms with Crippen LogP contribution in [0.5, 0.6) is 0 Å². The van der Waals surface area contributed by atoms with Gasteiger partial charge < -0.3 is 9.47 Å². The van der Waals surface area contributed by atoms with Crippen LogP contribution in [-0.4, -0.2) is 41.1 Å². The molecule has 0 aliphatic rings. The van der Waals surface area contributed by atoms with Gasteiger partial charge in [0.05, 0.1) is 12.8 Å². The van der Waals surface area contributed by atoms with Gasteiger partial charge in [0.25, 0.3) is 0 Å². The molecule has 0 spiro atoms. The van der Waals surface area contributed by atoms with E-state index in [4.69, 9.17) is 9.47 Å². The lowest BCUT2D eigenvalue weighted by molar-refractivity contribution is 0.0390. The predicted octanol–water partition coefficient (Wildman–Crippen LogP) is 0.532. The van der Waals surface area contributed by atoms with Gasteiger partial charge in [-0.2, -0.15) is 14.8 Å². The normalized spacial score (nSPS) is 10.6. The second-order valence-electron chi connectivity index (χ2n) is 3.09. The van der Waals surface area contributed by atoms with Gasteiger partial charge in [-0.25, -0.2) is 4.79 Å². The van der Waals surface area contributed by atoms with Gasteiger partial charge in [0, 0.05) is 13.3 Å².